The summed E-state index contributed by atoms with van der Waals surface area (Å²) in [5.41, 5.74) is 0. The van der Waals surface area contributed by atoms with Crippen LogP contribution in [0.5, 0.6) is 0 Å². The Balaban J connectivity index is 2.23. The van der Waals surface area contributed by atoms with Gasteiger partial charge >= 0.3 is 0 Å². The number of rotatable bonds is 0. The van der Waals surface area contributed by atoms with Gasteiger partial charge in [0.15, 0.2) is 0 Å². The first-order valence-electron chi connectivity index (χ1n) is 3.43. The molecule has 0 amide bonds. The second-order valence-electron chi connectivity index (χ2n) is 2.87. The molecule has 0 nitrogen and oxygen atoms in total. The number of hydrogen-bond acceptors (Lipinski definition) is 0. The summed E-state index contributed by atoms with van der Waals surface area (Å²) in [5.74, 6) is 1.01. The van der Waals surface area contributed by atoms with Crippen molar-refractivity contribution in [1.29, 1.82) is 0 Å². The van der Waals surface area contributed by atoms with E-state index in [1.54, 1.807) is 0 Å². The molecule has 1 aliphatic rings. The molecule has 1 rings (SSSR count). The van der Waals surface area contributed by atoms with Gasteiger partial charge in [0, 0.05) is 3.92 Å². The highest BCUT2D eigenvalue weighted by Crippen LogP contribution is 2.28. The Hall–Kier alpha value is 0.730. The van der Waals surface area contributed by atoms with E-state index in [4.69, 9.17) is 0 Å². The number of hydrogen-bond donors (Lipinski definition) is 0. The van der Waals surface area contributed by atoms with Gasteiger partial charge in [0.25, 0.3) is 0 Å². The van der Waals surface area contributed by atoms with Crippen LogP contribution in [0, 0.1) is 5.92 Å². The maximum absolute atomic E-state index is 2.57. The number of alkyl halides is 1. The molecule has 0 aromatic rings. The van der Waals surface area contributed by atoms with Crippen molar-refractivity contribution in [3.63, 3.8) is 0 Å². The second-order valence-corrected chi connectivity index (χ2v) is 4.63. The minimum Gasteiger partial charge on any atom is -0.0826 e. The van der Waals surface area contributed by atoms with Crippen LogP contribution in [0.15, 0.2) is 0 Å². The highest BCUT2D eigenvalue weighted by Gasteiger charge is 2.14. The topological polar surface area (TPSA) is 0 Å². The van der Waals surface area contributed by atoms with E-state index in [2.05, 4.69) is 29.5 Å². The van der Waals surface area contributed by atoms with Crippen molar-refractivity contribution in [2.24, 2.45) is 5.92 Å². The zero-order valence-corrected chi connectivity index (χ0v) is 7.52. The van der Waals surface area contributed by atoms with E-state index >= 15 is 0 Å². The van der Waals surface area contributed by atoms with Crippen LogP contribution in [-0.2, 0) is 0 Å². The molecule has 0 aliphatic heterocycles. The van der Waals surface area contributed by atoms with E-state index in [1.165, 1.54) is 25.7 Å². The van der Waals surface area contributed by atoms with Crippen LogP contribution < -0.4 is 0 Å². The van der Waals surface area contributed by atoms with E-state index in [0.29, 0.717) is 0 Å². The Bertz CT molecular complexity index is 62.8. The Kier molecular flexibility index (Phi) is 2.60. The molecule has 0 radical (unpaired) electrons. The molecule has 48 valence electrons. The molecule has 8 heavy (non-hydrogen) atoms. The summed E-state index contributed by atoms with van der Waals surface area (Å²) in [4.78, 5) is 0. The summed E-state index contributed by atoms with van der Waals surface area (Å²) in [6, 6.07) is 0. The van der Waals surface area contributed by atoms with Crippen molar-refractivity contribution in [2.45, 2.75) is 36.5 Å². The lowest BCUT2D eigenvalue weighted by atomic mass is 9.91. The number of halogens is 1. The molecule has 0 saturated heterocycles. The van der Waals surface area contributed by atoms with Crippen LogP contribution in [0.3, 0.4) is 0 Å². The molecule has 0 aromatic carbocycles. The fourth-order valence-electron chi connectivity index (χ4n) is 1.36. The normalized spacial score (nSPS) is 39.8. The third-order valence-electron chi connectivity index (χ3n) is 1.87. The molecular formula is C7H13I. The van der Waals surface area contributed by atoms with Gasteiger partial charge in [-0.15, -0.1) is 0 Å². The van der Waals surface area contributed by atoms with Crippen molar-refractivity contribution in [2.75, 3.05) is 0 Å². The Labute approximate surface area is 65.2 Å². The standard InChI is InChI=1S/C7H13I/c1-6-3-2-4-7(8)5-6/h6-7H,2-5H2,1H3. The first kappa shape index (κ1) is 6.84. The van der Waals surface area contributed by atoms with E-state index in [-0.39, 0.29) is 0 Å². The molecular weight excluding hydrogens is 211 g/mol. The SMILES string of the molecule is CC1CCCC(I)C1. The van der Waals surface area contributed by atoms with Gasteiger partial charge in [-0.2, -0.15) is 0 Å². The highest BCUT2D eigenvalue weighted by atomic mass is 127. The van der Waals surface area contributed by atoms with Gasteiger partial charge in [-0.05, 0) is 18.8 Å². The lowest BCUT2D eigenvalue weighted by molar-refractivity contribution is 0.402. The van der Waals surface area contributed by atoms with Crippen molar-refractivity contribution in [3.05, 3.63) is 0 Å². The molecule has 1 heteroatoms. The van der Waals surface area contributed by atoms with E-state index < -0.39 is 0 Å². The quantitative estimate of drug-likeness (QED) is 0.438. The van der Waals surface area contributed by atoms with Crippen LogP contribution in [0.1, 0.15) is 32.6 Å². The van der Waals surface area contributed by atoms with Crippen LogP contribution in [0.4, 0.5) is 0 Å². The Morgan fingerprint density at radius 2 is 2.12 bits per heavy atom. The van der Waals surface area contributed by atoms with Crippen molar-refractivity contribution in [3.8, 4) is 0 Å². The smallest absolute Gasteiger partial charge is 0.0112 e. The van der Waals surface area contributed by atoms with Gasteiger partial charge < -0.3 is 0 Å². The molecule has 0 N–H and O–H groups in total. The third kappa shape index (κ3) is 1.92. The van der Waals surface area contributed by atoms with Crippen molar-refractivity contribution < 1.29 is 0 Å². The van der Waals surface area contributed by atoms with Crippen LogP contribution in [-0.4, -0.2) is 3.92 Å². The van der Waals surface area contributed by atoms with Crippen molar-refractivity contribution >= 4 is 22.6 Å². The van der Waals surface area contributed by atoms with Crippen LogP contribution in [0.25, 0.3) is 0 Å². The molecule has 2 unspecified atom stereocenters. The summed E-state index contributed by atoms with van der Waals surface area (Å²) in [5, 5.41) is 0. The minimum atomic E-state index is 0.983. The van der Waals surface area contributed by atoms with E-state index in [0.717, 1.165) is 9.84 Å². The maximum atomic E-state index is 2.57. The predicted octanol–water partition coefficient (Wildman–Crippen LogP) is 3.00. The van der Waals surface area contributed by atoms with Gasteiger partial charge in [-0.1, -0.05) is 42.4 Å². The van der Waals surface area contributed by atoms with E-state index in [9.17, 15) is 0 Å². The first-order chi connectivity index (χ1) is 3.79. The predicted molar refractivity (Wildman–Crippen MR) is 45.4 cm³/mol. The zero-order valence-electron chi connectivity index (χ0n) is 5.36. The third-order valence-corrected chi connectivity index (χ3v) is 3.00. The molecule has 1 fully saturated rings. The Morgan fingerprint density at radius 1 is 1.38 bits per heavy atom. The molecule has 1 saturated carbocycles. The zero-order chi connectivity index (χ0) is 5.98. The monoisotopic (exact) mass is 224 g/mol. The molecule has 0 bridgehead atoms. The summed E-state index contributed by atoms with van der Waals surface area (Å²) < 4.78 is 0.983. The van der Waals surface area contributed by atoms with Gasteiger partial charge in [0.2, 0.25) is 0 Å². The maximum Gasteiger partial charge on any atom is 0.0112 e. The summed E-state index contributed by atoms with van der Waals surface area (Å²) in [7, 11) is 0. The summed E-state index contributed by atoms with van der Waals surface area (Å²) >= 11 is 2.57. The minimum absolute atomic E-state index is 0.983. The summed E-state index contributed by atoms with van der Waals surface area (Å²) in [6.45, 7) is 2.37. The van der Waals surface area contributed by atoms with Gasteiger partial charge in [0.05, 0.1) is 0 Å². The molecule has 2 atom stereocenters. The fraction of sp³-hybridized carbons (Fsp3) is 1.00. The summed E-state index contributed by atoms with van der Waals surface area (Å²) in [6.07, 6.45) is 5.86. The van der Waals surface area contributed by atoms with Gasteiger partial charge in [-0.3, -0.25) is 0 Å². The van der Waals surface area contributed by atoms with Crippen molar-refractivity contribution in [1.82, 2.24) is 0 Å². The van der Waals surface area contributed by atoms with Gasteiger partial charge in [0.1, 0.15) is 0 Å². The van der Waals surface area contributed by atoms with E-state index in [1.807, 2.05) is 0 Å². The largest absolute Gasteiger partial charge is 0.0826 e. The molecule has 0 heterocycles. The second kappa shape index (κ2) is 3.04. The first-order valence-corrected chi connectivity index (χ1v) is 4.67. The lowest BCUT2D eigenvalue weighted by Gasteiger charge is -2.21. The molecule has 0 aromatic heterocycles. The lowest BCUT2D eigenvalue weighted by Crippen LogP contribution is -2.11. The van der Waals surface area contributed by atoms with Crippen LogP contribution in [0.2, 0.25) is 0 Å². The highest BCUT2D eigenvalue weighted by molar-refractivity contribution is 14.1. The van der Waals surface area contributed by atoms with Gasteiger partial charge in [-0.25, -0.2) is 0 Å². The fourth-order valence-corrected chi connectivity index (χ4v) is 2.67. The average molecular weight is 224 g/mol. The Morgan fingerprint density at radius 3 is 2.50 bits per heavy atom. The molecule has 0 spiro atoms. The van der Waals surface area contributed by atoms with Crippen LogP contribution >= 0.6 is 22.6 Å². The average Bonchev–Trinajstić information content (AvgIpc) is 1.64. The molecule has 1 aliphatic carbocycles.